The lowest BCUT2D eigenvalue weighted by Crippen LogP contribution is -2.54. The van der Waals surface area contributed by atoms with Gasteiger partial charge in [0.15, 0.2) is 0 Å². The van der Waals surface area contributed by atoms with Crippen LogP contribution >= 0.6 is 15.9 Å². The molecule has 0 aliphatic rings. The predicted molar refractivity (Wildman–Crippen MR) is 154 cm³/mol. The number of sulfonamides is 1. The van der Waals surface area contributed by atoms with Crippen LogP contribution in [0, 0.1) is 12.7 Å². The Bertz CT molecular complexity index is 1400. The Labute approximate surface area is 238 Å². The van der Waals surface area contributed by atoms with Crippen LogP contribution < -0.4 is 9.62 Å². The molecular weight excluding hydrogens is 585 g/mol. The summed E-state index contributed by atoms with van der Waals surface area (Å²) in [5.74, 6) is -1.51. The normalized spacial score (nSPS) is 12.5. The third-order valence-electron chi connectivity index (χ3n) is 5.93. The van der Waals surface area contributed by atoms with Gasteiger partial charge in [0.2, 0.25) is 11.8 Å². The molecule has 0 aromatic heterocycles. The lowest BCUT2D eigenvalue weighted by Gasteiger charge is -2.33. The van der Waals surface area contributed by atoms with Gasteiger partial charge in [-0.15, -0.1) is 0 Å². The van der Waals surface area contributed by atoms with Gasteiger partial charge in [-0.2, -0.15) is 0 Å². The van der Waals surface area contributed by atoms with Crippen molar-refractivity contribution in [1.82, 2.24) is 10.2 Å². The molecule has 1 N–H and O–H groups in total. The zero-order chi connectivity index (χ0) is 29.0. The number of benzene rings is 3. The highest BCUT2D eigenvalue weighted by molar-refractivity contribution is 9.10. The van der Waals surface area contributed by atoms with Gasteiger partial charge in [0.1, 0.15) is 18.4 Å². The number of halogens is 2. The molecule has 0 unspecified atom stereocenters. The molecule has 0 heterocycles. The highest BCUT2D eigenvalue weighted by atomic mass is 79.9. The quantitative estimate of drug-likeness (QED) is 0.347. The van der Waals surface area contributed by atoms with Crippen molar-refractivity contribution < 1.29 is 22.4 Å². The Kier molecular flexibility index (Phi) is 9.55. The van der Waals surface area contributed by atoms with E-state index in [9.17, 15) is 22.4 Å². The second-order valence-corrected chi connectivity index (χ2v) is 13.1. The monoisotopic (exact) mass is 617 g/mol. The Balaban J connectivity index is 2.02. The standard InChI is InChI=1S/C29H33BrFN3O4S/c1-20-6-14-25(15-7-20)34(39(37,38)26-16-12-24(31)13-17-26)19-27(35)33(18-22-8-10-23(30)11-9-22)21(2)28(36)32-29(3,4)5/h6-17,21H,18-19H2,1-5H3,(H,32,36)/t21-/m1/s1. The molecule has 39 heavy (non-hydrogen) atoms. The van der Waals surface area contributed by atoms with Crippen LogP contribution in [0.2, 0.25) is 0 Å². The molecule has 0 aliphatic heterocycles. The highest BCUT2D eigenvalue weighted by Crippen LogP contribution is 2.25. The molecule has 1 atom stereocenters. The fraction of sp³-hybridized carbons (Fsp3) is 0.310. The molecule has 0 saturated carbocycles. The number of anilines is 1. The second kappa shape index (κ2) is 12.3. The van der Waals surface area contributed by atoms with Crippen molar-refractivity contribution in [3.05, 3.63) is 94.2 Å². The van der Waals surface area contributed by atoms with Gasteiger partial charge in [0.05, 0.1) is 10.6 Å². The van der Waals surface area contributed by atoms with Gasteiger partial charge in [-0.25, -0.2) is 12.8 Å². The van der Waals surface area contributed by atoms with Crippen molar-refractivity contribution in [2.45, 2.75) is 57.6 Å². The fourth-order valence-electron chi connectivity index (χ4n) is 3.82. The van der Waals surface area contributed by atoms with E-state index in [1.54, 1.807) is 31.2 Å². The number of nitrogens with one attached hydrogen (secondary N) is 1. The van der Waals surface area contributed by atoms with Crippen molar-refractivity contribution in [2.24, 2.45) is 0 Å². The summed E-state index contributed by atoms with van der Waals surface area (Å²) in [7, 11) is -4.25. The number of carbonyl (C=O) groups excluding carboxylic acids is 2. The molecule has 0 bridgehead atoms. The number of hydrogen-bond acceptors (Lipinski definition) is 4. The van der Waals surface area contributed by atoms with E-state index in [0.717, 1.165) is 44.2 Å². The first kappa shape index (κ1) is 30.3. The van der Waals surface area contributed by atoms with E-state index in [-0.39, 0.29) is 23.0 Å². The van der Waals surface area contributed by atoms with E-state index >= 15 is 0 Å². The van der Waals surface area contributed by atoms with Gasteiger partial charge in [0.25, 0.3) is 10.0 Å². The van der Waals surface area contributed by atoms with Crippen LogP contribution in [0.4, 0.5) is 10.1 Å². The molecule has 0 fully saturated rings. The summed E-state index contributed by atoms with van der Waals surface area (Å²) in [5, 5.41) is 2.89. The van der Waals surface area contributed by atoms with Crippen molar-refractivity contribution in [3.63, 3.8) is 0 Å². The lowest BCUT2D eigenvalue weighted by atomic mass is 10.1. The van der Waals surface area contributed by atoms with E-state index in [4.69, 9.17) is 0 Å². The summed E-state index contributed by atoms with van der Waals surface area (Å²) in [5.41, 5.74) is 1.42. The SMILES string of the molecule is Cc1ccc(N(CC(=O)N(Cc2ccc(Br)cc2)[C@H](C)C(=O)NC(C)(C)C)S(=O)(=O)c2ccc(F)cc2)cc1. The summed E-state index contributed by atoms with van der Waals surface area (Å²) in [6.45, 7) is 8.52. The van der Waals surface area contributed by atoms with Crippen LogP contribution in [-0.2, 0) is 26.2 Å². The van der Waals surface area contributed by atoms with Crippen LogP contribution in [0.25, 0.3) is 0 Å². The van der Waals surface area contributed by atoms with E-state index in [1.165, 1.54) is 4.90 Å². The first-order valence-corrected chi connectivity index (χ1v) is 14.6. The fourth-order valence-corrected chi connectivity index (χ4v) is 5.50. The molecule has 0 saturated heterocycles. The van der Waals surface area contributed by atoms with Gasteiger partial charge in [-0.1, -0.05) is 45.8 Å². The molecule has 0 radical (unpaired) electrons. The molecule has 2 amide bonds. The highest BCUT2D eigenvalue weighted by Gasteiger charge is 2.33. The summed E-state index contributed by atoms with van der Waals surface area (Å²) >= 11 is 3.40. The Hall–Kier alpha value is -3.24. The van der Waals surface area contributed by atoms with Gasteiger partial charge in [-0.05, 0) is 88.7 Å². The Morgan fingerprint density at radius 3 is 2.05 bits per heavy atom. The van der Waals surface area contributed by atoms with Gasteiger partial charge < -0.3 is 10.2 Å². The van der Waals surface area contributed by atoms with E-state index in [2.05, 4.69) is 21.2 Å². The Morgan fingerprint density at radius 2 is 1.51 bits per heavy atom. The van der Waals surface area contributed by atoms with Crippen molar-refractivity contribution in [1.29, 1.82) is 0 Å². The van der Waals surface area contributed by atoms with Crippen LogP contribution in [0.5, 0.6) is 0 Å². The first-order chi connectivity index (χ1) is 18.2. The minimum Gasteiger partial charge on any atom is -0.350 e. The van der Waals surface area contributed by atoms with E-state index in [1.807, 2.05) is 52.0 Å². The molecule has 3 aromatic carbocycles. The number of amides is 2. The molecule has 7 nitrogen and oxygen atoms in total. The first-order valence-electron chi connectivity index (χ1n) is 12.4. The number of rotatable bonds is 9. The topological polar surface area (TPSA) is 86.8 Å². The van der Waals surface area contributed by atoms with Crippen molar-refractivity contribution in [2.75, 3.05) is 10.8 Å². The van der Waals surface area contributed by atoms with Crippen LogP contribution in [0.1, 0.15) is 38.8 Å². The minimum atomic E-state index is -4.25. The smallest absolute Gasteiger partial charge is 0.264 e. The number of carbonyl (C=O) groups is 2. The summed E-state index contributed by atoms with van der Waals surface area (Å²) < 4.78 is 42.9. The van der Waals surface area contributed by atoms with Crippen LogP contribution in [0.3, 0.4) is 0 Å². The van der Waals surface area contributed by atoms with Crippen molar-refractivity contribution >= 4 is 43.5 Å². The number of aryl methyl sites for hydroxylation is 1. The van der Waals surface area contributed by atoms with Crippen LogP contribution in [0.15, 0.2) is 82.2 Å². The summed E-state index contributed by atoms with van der Waals surface area (Å²) in [6.07, 6.45) is 0. The largest absolute Gasteiger partial charge is 0.350 e. The number of hydrogen-bond donors (Lipinski definition) is 1. The molecular formula is C29H33BrFN3O4S. The zero-order valence-electron chi connectivity index (χ0n) is 22.6. The van der Waals surface area contributed by atoms with Gasteiger partial charge >= 0.3 is 0 Å². The third kappa shape index (κ3) is 8.12. The minimum absolute atomic E-state index is 0.0865. The maximum atomic E-state index is 13.9. The predicted octanol–water partition coefficient (Wildman–Crippen LogP) is 5.42. The van der Waals surface area contributed by atoms with E-state index in [0.29, 0.717) is 0 Å². The van der Waals surface area contributed by atoms with Gasteiger partial charge in [0, 0.05) is 16.6 Å². The molecule has 0 spiro atoms. The molecule has 3 rings (SSSR count). The summed E-state index contributed by atoms with van der Waals surface area (Å²) in [6, 6.07) is 17.6. The maximum absolute atomic E-state index is 13.9. The third-order valence-corrected chi connectivity index (χ3v) is 8.25. The van der Waals surface area contributed by atoms with Crippen LogP contribution in [-0.4, -0.2) is 43.3 Å². The molecule has 3 aromatic rings. The van der Waals surface area contributed by atoms with E-state index < -0.39 is 39.9 Å². The average molecular weight is 619 g/mol. The molecule has 0 aliphatic carbocycles. The summed E-state index contributed by atoms with van der Waals surface area (Å²) in [4.78, 5) is 28.2. The number of nitrogens with zero attached hydrogens (tertiary/aromatic N) is 2. The van der Waals surface area contributed by atoms with Gasteiger partial charge in [-0.3, -0.25) is 13.9 Å². The molecule has 10 heteroatoms. The maximum Gasteiger partial charge on any atom is 0.264 e. The second-order valence-electron chi connectivity index (χ2n) is 10.4. The zero-order valence-corrected chi connectivity index (χ0v) is 25.0. The molecule has 208 valence electrons. The van der Waals surface area contributed by atoms with Crippen molar-refractivity contribution in [3.8, 4) is 0 Å². The average Bonchev–Trinajstić information content (AvgIpc) is 2.86. The lowest BCUT2D eigenvalue weighted by molar-refractivity contribution is -0.140. The Morgan fingerprint density at radius 1 is 0.949 bits per heavy atom.